The van der Waals surface area contributed by atoms with Gasteiger partial charge in [0.1, 0.15) is 0 Å². The molecule has 0 atom stereocenters. The van der Waals surface area contributed by atoms with E-state index in [9.17, 15) is 0 Å². The Morgan fingerprint density at radius 2 is 1.87 bits per heavy atom. The van der Waals surface area contributed by atoms with Crippen LogP contribution in [0.5, 0.6) is 0 Å². The molecule has 1 heterocycles. The molecule has 0 fully saturated rings. The zero-order valence-corrected chi connectivity index (χ0v) is 9.81. The maximum absolute atomic E-state index is 5.99. The number of nitrogens with one attached hydrogen (secondary N) is 1. The molecule has 0 spiro atoms. The SMILES string of the molecule is Clc1ccsc1CNCc1ccccc1. The van der Waals surface area contributed by atoms with Crippen LogP contribution >= 0.6 is 22.9 Å². The summed E-state index contributed by atoms with van der Waals surface area (Å²) in [5.41, 5.74) is 1.30. The van der Waals surface area contributed by atoms with Crippen molar-refractivity contribution < 1.29 is 0 Å². The topological polar surface area (TPSA) is 12.0 Å². The Balaban J connectivity index is 1.83. The monoisotopic (exact) mass is 237 g/mol. The Kier molecular flexibility index (Phi) is 3.78. The molecule has 0 aliphatic rings. The molecule has 0 radical (unpaired) electrons. The van der Waals surface area contributed by atoms with Gasteiger partial charge in [-0.25, -0.2) is 0 Å². The first-order valence-corrected chi connectivity index (χ1v) is 6.08. The quantitative estimate of drug-likeness (QED) is 0.855. The highest BCUT2D eigenvalue weighted by Gasteiger charge is 2.00. The van der Waals surface area contributed by atoms with Crippen LogP contribution in [0.15, 0.2) is 41.8 Å². The fourth-order valence-electron chi connectivity index (χ4n) is 1.37. The number of halogens is 1. The van der Waals surface area contributed by atoms with E-state index in [1.54, 1.807) is 11.3 Å². The third-order valence-corrected chi connectivity index (χ3v) is 3.54. The summed E-state index contributed by atoms with van der Waals surface area (Å²) in [4.78, 5) is 1.20. The summed E-state index contributed by atoms with van der Waals surface area (Å²) in [5.74, 6) is 0. The van der Waals surface area contributed by atoms with Crippen molar-refractivity contribution in [2.75, 3.05) is 0 Å². The molecular weight excluding hydrogens is 226 g/mol. The average Bonchev–Trinajstić information content (AvgIpc) is 2.66. The summed E-state index contributed by atoms with van der Waals surface area (Å²) in [7, 11) is 0. The van der Waals surface area contributed by atoms with Gasteiger partial charge < -0.3 is 5.32 Å². The van der Waals surface area contributed by atoms with E-state index in [4.69, 9.17) is 11.6 Å². The average molecular weight is 238 g/mol. The maximum atomic E-state index is 5.99. The highest BCUT2D eigenvalue weighted by Crippen LogP contribution is 2.21. The normalized spacial score (nSPS) is 10.5. The Bertz CT molecular complexity index is 411. The van der Waals surface area contributed by atoms with Gasteiger partial charge in [-0.05, 0) is 17.0 Å². The molecule has 0 aliphatic carbocycles. The van der Waals surface area contributed by atoms with Gasteiger partial charge in [-0.2, -0.15) is 0 Å². The summed E-state index contributed by atoms with van der Waals surface area (Å²) in [6, 6.07) is 12.3. The number of rotatable bonds is 4. The molecule has 0 saturated carbocycles. The van der Waals surface area contributed by atoms with Crippen LogP contribution in [0.1, 0.15) is 10.4 Å². The van der Waals surface area contributed by atoms with Crippen molar-refractivity contribution in [3.8, 4) is 0 Å². The zero-order chi connectivity index (χ0) is 10.5. The van der Waals surface area contributed by atoms with E-state index in [2.05, 4.69) is 29.6 Å². The molecule has 2 rings (SSSR count). The predicted octanol–water partition coefficient (Wildman–Crippen LogP) is 3.69. The first kappa shape index (κ1) is 10.7. The molecule has 0 bridgehead atoms. The van der Waals surface area contributed by atoms with E-state index in [1.165, 1.54) is 10.4 Å². The van der Waals surface area contributed by atoms with Crippen molar-refractivity contribution in [3.63, 3.8) is 0 Å². The fourth-order valence-corrected chi connectivity index (χ4v) is 2.44. The van der Waals surface area contributed by atoms with E-state index < -0.39 is 0 Å². The van der Waals surface area contributed by atoms with Crippen LogP contribution in [0, 0.1) is 0 Å². The first-order chi connectivity index (χ1) is 7.36. The second-order valence-electron chi connectivity index (χ2n) is 3.28. The van der Waals surface area contributed by atoms with Crippen molar-refractivity contribution in [1.29, 1.82) is 0 Å². The molecule has 2 aromatic rings. The molecule has 0 amide bonds. The van der Waals surface area contributed by atoms with Crippen molar-refractivity contribution in [2.45, 2.75) is 13.1 Å². The van der Waals surface area contributed by atoms with Gasteiger partial charge in [0.2, 0.25) is 0 Å². The minimum absolute atomic E-state index is 0.839. The van der Waals surface area contributed by atoms with Crippen molar-refractivity contribution >= 4 is 22.9 Å². The number of hydrogen-bond donors (Lipinski definition) is 1. The van der Waals surface area contributed by atoms with Crippen LogP contribution < -0.4 is 5.32 Å². The van der Waals surface area contributed by atoms with Crippen LogP contribution in [0.3, 0.4) is 0 Å². The molecule has 3 heteroatoms. The minimum atomic E-state index is 0.839. The van der Waals surface area contributed by atoms with Crippen LogP contribution in [0.4, 0.5) is 0 Å². The molecule has 1 aromatic heterocycles. The van der Waals surface area contributed by atoms with E-state index in [0.29, 0.717) is 0 Å². The smallest absolute Gasteiger partial charge is 0.0558 e. The molecule has 78 valence electrons. The minimum Gasteiger partial charge on any atom is -0.308 e. The van der Waals surface area contributed by atoms with Gasteiger partial charge in [-0.1, -0.05) is 41.9 Å². The van der Waals surface area contributed by atoms with Gasteiger partial charge in [-0.15, -0.1) is 11.3 Å². The molecule has 15 heavy (non-hydrogen) atoms. The zero-order valence-electron chi connectivity index (χ0n) is 8.24. The van der Waals surface area contributed by atoms with Gasteiger partial charge in [0, 0.05) is 18.0 Å². The van der Waals surface area contributed by atoms with Gasteiger partial charge in [0.05, 0.1) is 5.02 Å². The molecule has 1 N–H and O–H groups in total. The molecular formula is C12H12ClNS. The first-order valence-electron chi connectivity index (χ1n) is 4.83. The highest BCUT2D eigenvalue weighted by molar-refractivity contribution is 7.10. The van der Waals surface area contributed by atoms with E-state index >= 15 is 0 Å². The second-order valence-corrected chi connectivity index (χ2v) is 4.69. The second kappa shape index (κ2) is 5.31. The van der Waals surface area contributed by atoms with Gasteiger partial charge in [-0.3, -0.25) is 0 Å². The lowest BCUT2D eigenvalue weighted by Crippen LogP contribution is -2.11. The Labute approximate surface area is 98.7 Å². The molecule has 0 unspecified atom stereocenters. The molecule has 0 aliphatic heterocycles. The third kappa shape index (κ3) is 3.06. The standard InChI is InChI=1S/C12H12ClNS/c13-11-6-7-15-12(11)9-14-8-10-4-2-1-3-5-10/h1-7,14H,8-9H2. The fraction of sp³-hybridized carbons (Fsp3) is 0.167. The number of hydrogen-bond acceptors (Lipinski definition) is 2. The van der Waals surface area contributed by atoms with Gasteiger partial charge in [0.15, 0.2) is 0 Å². The maximum Gasteiger partial charge on any atom is 0.0558 e. The van der Waals surface area contributed by atoms with E-state index in [-0.39, 0.29) is 0 Å². The Hall–Kier alpha value is -0.830. The van der Waals surface area contributed by atoms with E-state index in [1.807, 2.05) is 17.5 Å². The Morgan fingerprint density at radius 1 is 1.07 bits per heavy atom. The number of thiophene rings is 1. The molecule has 0 saturated heterocycles. The third-order valence-electron chi connectivity index (χ3n) is 2.15. The van der Waals surface area contributed by atoms with Crippen LogP contribution in [0.25, 0.3) is 0 Å². The van der Waals surface area contributed by atoms with Gasteiger partial charge >= 0.3 is 0 Å². The van der Waals surface area contributed by atoms with Gasteiger partial charge in [0.25, 0.3) is 0 Å². The highest BCUT2D eigenvalue weighted by atomic mass is 35.5. The summed E-state index contributed by atoms with van der Waals surface area (Å²) in [6.07, 6.45) is 0. The lowest BCUT2D eigenvalue weighted by Gasteiger charge is -2.03. The lowest BCUT2D eigenvalue weighted by atomic mass is 10.2. The summed E-state index contributed by atoms with van der Waals surface area (Å²) in [6.45, 7) is 1.72. The van der Waals surface area contributed by atoms with E-state index in [0.717, 1.165) is 18.1 Å². The predicted molar refractivity (Wildman–Crippen MR) is 66.3 cm³/mol. The van der Waals surface area contributed by atoms with Crippen molar-refractivity contribution in [1.82, 2.24) is 5.32 Å². The van der Waals surface area contributed by atoms with Crippen molar-refractivity contribution in [2.24, 2.45) is 0 Å². The Morgan fingerprint density at radius 3 is 2.53 bits per heavy atom. The van der Waals surface area contributed by atoms with Crippen LogP contribution in [-0.4, -0.2) is 0 Å². The molecule has 1 aromatic carbocycles. The summed E-state index contributed by atoms with van der Waals surface area (Å²) in [5, 5.41) is 6.25. The lowest BCUT2D eigenvalue weighted by molar-refractivity contribution is 0.701. The van der Waals surface area contributed by atoms with Crippen LogP contribution in [-0.2, 0) is 13.1 Å². The molecule has 1 nitrogen and oxygen atoms in total. The van der Waals surface area contributed by atoms with Crippen molar-refractivity contribution in [3.05, 3.63) is 57.2 Å². The summed E-state index contributed by atoms with van der Waals surface area (Å²) < 4.78 is 0. The largest absolute Gasteiger partial charge is 0.308 e. The number of benzene rings is 1. The summed E-state index contributed by atoms with van der Waals surface area (Å²) >= 11 is 7.68. The van der Waals surface area contributed by atoms with Crippen LogP contribution in [0.2, 0.25) is 5.02 Å².